The summed E-state index contributed by atoms with van der Waals surface area (Å²) in [5, 5.41) is 11.4. The van der Waals surface area contributed by atoms with Crippen molar-refractivity contribution in [3.8, 4) is 5.75 Å². The van der Waals surface area contributed by atoms with E-state index in [0.29, 0.717) is 28.5 Å². The Morgan fingerprint density at radius 2 is 1.83 bits per heavy atom. The molecule has 2 aromatic rings. The summed E-state index contributed by atoms with van der Waals surface area (Å²) < 4.78 is 10.6. The van der Waals surface area contributed by atoms with E-state index in [0.717, 1.165) is 0 Å². The first kappa shape index (κ1) is 21.6. The Morgan fingerprint density at radius 1 is 1.17 bits per heavy atom. The minimum atomic E-state index is -0.746. The fraction of sp³-hybridized carbons (Fsp3) is 0.217. The van der Waals surface area contributed by atoms with Crippen LogP contribution in [-0.4, -0.2) is 48.6 Å². The maximum absolute atomic E-state index is 12.8. The van der Waals surface area contributed by atoms with Crippen LogP contribution in [0.5, 0.6) is 5.75 Å². The van der Waals surface area contributed by atoms with E-state index < -0.39 is 17.7 Å². The fourth-order valence-electron chi connectivity index (χ4n) is 3.31. The van der Waals surface area contributed by atoms with Crippen molar-refractivity contribution in [1.29, 1.82) is 0 Å². The zero-order valence-corrected chi connectivity index (χ0v) is 17.3. The van der Waals surface area contributed by atoms with Crippen LogP contribution < -0.4 is 4.74 Å². The molecule has 0 radical (unpaired) electrons. The van der Waals surface area contributed by atoms with E-state index >= 15 is 0 Å². The van der Waals surface area contributed by atoms with Gasteiger partial charge in [-0.2, -0.15) is 0 Å². The van der Waals surface area contributed by atoms with Crippen molar-refractivity contribution in [2.24, 2.45) is 0 Å². The number of methoxy groups -OCH3 is 1. The zero-order chi connectivity index (χ0) is 21.7. The van der Waals surface area contributed by atoms with Gasteiger partial charge in [-0.25, -0.2) is 0 Å². The van der Waals surface area contributed by atoms with Crippen molar-refractivity contribution in [2.75, 3.05) is 26.9 Å². The van der Waals surface area contributed by atoms with Crippen molar-refractivity contribution in [2.45, 2.75) is 6.04 Å². The number of amides is 1. The SMILES string of the molecule is C=CCOc1ccc([C@H]2/C(=C(\O)c3ccc(Cl)cc3)C(=O)C(=O)N2CCOC)cc1. The van der Waals surface area contributed by atoms with E-state index in [2.05, 4.69) is 6.58 Å². The van der Waals surface area contributed by atoms with Crippen LogP contribution in [-0.2, 0) is 14.3 Å². The molecule has 1 atom stereocenters. The minimum absolute atomic E-state index is 0.0261. The second kappa shape index (κ2) is 9.61. The second-order valence-corrected chi connectivity index (χ2v) is 7.10. The number of likely N-dealkylation sites (tertiary alicyclic amines) is 1. The summed E-state index contributed by atoms with van der Waals surface area (Å²) in [5.41, 5.74) is 1.10. The van der Waals surface area contributed by atoms with Gasteiger partial charge in [0.2, 0.25) is 0 Å². The summed E-state index contributed by atoms with van der Waals surface area (Å²) in [6.45, 7) is 4.44. The molecule has 1 N–H and O–H groups in total. The lowest BCUT2D eigenvalue weighted by molar-refractivity contribution is -0.140. The third kappa shape index (κ3) is 4.40. The third-order valence-corrected chi connectivity index (χ3v) is 5.01. The van der Waals surface area contributed by atoms with E-state index in [1.807, 2.05) is 0 Å². The van der Waals surface area contributed by atoms with Crippen LogP contribution in [0.4, 0.5) is 0 Å². The summed E-state index contributed by atoms with van der Waals surface area (Å²) in [5.74, 6) is -1.04. The Kier molecular flexibility index (Phi) is 6.92. The number of carbonyl (C=O) groups is 2. The van der Waals surface area contributed by atoms with Gasteiger partial charge in [0.05, 0.1) is 18.2 Å². The number of nitrogens with zero attached hydrogens (tertiary/aromatic N) is 1. The predicted octanol–water partition coefficient (Wildman–Crippen LogP) is 3.97. The Balaban J connectivity index is 2.07. The Bertz CT molecular complexity index is 966. The van der Waals surface area contributed by atoms with Crippen LogP contribution in [0.15, 0.2) is 66.8 Å². The largest absolute Gasteiger partial charge is 0.507 e. The molecule has 1 amide bonds. The molecule has 1 fully saturated rings. The number of hydrogen-bond donors (Lipinski definition) is 1. The van der Waals surface area contributed by atoms with E-state index in [1.165, 1.54) is 12.0 Å². The normalized spacial score (nSPS) is 17.9. The summed E-state index contributed by atoms with van der Waals surface area (Å²) in [4.78, 5) is 27.0. The number of benzene rings is 2. The number of rotatable bonds is 8. The molecule has 0 aromatic heterocycles. The number of halogens is 1. The molecular formula is C23H22ClNO5. The molecule has 0 saturated carbocycles. The first-order valence-corrected chi connectivity index (χ1v) is 9.72. The molecule has 7 heteroatoms. The zero-order valence-electron chi connectivity index (χ0n) is 16.5. The van der Waals surface area contributed by atoms with Crippen LogP contribution in [0.25, 0.3) is 5.76 Å². The molecule has 0 aliphatic carbocycles. The summed E-state index contributed by atoms with van der Waals surface area (Å²) >= 11 is 5.92. The van der Waals surface area contributed by atoms with Gasteiger partial charge in [0.15, 0.2) is 0 Å². The first-order valence-electron chi connectivity index (χ1n) is 9.35. The van der Waals surface area contributed by atoms with Crippen molar-refractivity contribution < 1.29 is 24.2 Å². The average Bonchev–Trinajstić information content (AvgIpc) is 3.01. The van der Waals surface area contributed by atoms with Gasteiger partial charge in [-0.15, -0.1) is 0 Å². The lowest BCUT2D eigenvalue weighted by atomic mass is 9.95. The number of aliphatic hydroxyl groups excluding tert-OH is 1. The summed E-state index contributed by atoms with van der Waals surface area (Å²) in [6.07, 6.45) is 1.64. The number of ether oxygens (including phenoxy) is 2. The smallest absolute Gasteiger partial charge is 0.295 e. The molecule has 1 aliphatic rings. The van der Waals surface area contributed by atoms with Gasteiger partial charge in [-0.3, -0.25) is 9.59 Å². The molecule has 3 rings (SSSR count). The highest BCUT2D eigenvalue weighted by Crippen LogP contribution is 2.39. The molecule has 0 bridgehead atoms. The van der Waals surface area contributed by atoms with Crippen LogP contribution >= 0.6 is 11.6 Å². The topological polar surface area (TPSA) is 76.1 Å². The maximum Gasteiger partial charge on any atom is 0.295 e. The fourth-order valence-corrected chi connectivity index (χ4v) is 3.44. The van der Waals surface area contributed by atoms with E-state index in [1.54, 1.807) is 54.6 Å². The molecule has 30 heavy (non-hydrogen) atoms. The van der Waals surface area contributed by atoms with E-state index in [9.17, 15) is 14.7 Å². The van der Waals surface area contributed by atoms with E-state index in [4.69, 9.17) is 21.1 Å². The number of carbonyl (C=O) groups excluding carboxylic acids is 2. The quantitative estimate of drug-likeness (QED) is 0.298. The Morgan fingerprint density at radius 3 is 2.43 bits per heavy atom. The molecule has 6 nitrogen and oxygen atoms in total. The lowest BCUT2D eigenvalue weighted by Gasteiger charge is -2.25. The monoisotopic (exact) mass is 427 g/mol. The summed E-state index contributed by atoms with van der Waals surface area (Å²) in [7, 11) is 1.52. The molecule has 0 spiro atoms. The second-order valence-electron chi connectivity index (χ2n) is 6.66. The molecule has 156 valence electrons. The molecular weight excluding hydrogens is 406 g/mol. The Hall–Kier alpha value is -3.09. The number of aliphatic hydroxyl groups is 1. The molecule has 1 saturated heterocycles. The van der Waals surface area contributed by atoms with Crippen LogP contribution in [0.3, 0.4) is 0 Å². The minimum Gasteiger partial charge on any atom is -0.507 e. The highest BCUT2D eigenvalue weighted by atomic mass is 35.5. The number of ketones is 1. The molecule has 1 heterocycles. The highest BCUT2D eigenvalue weighted by molar-refractivity contribution is 6.46. The lowest BCUT2D eigenvalue weighted by Crippen LogP contribution is -2.32. The van der Waals surface area contributed by atoms with Gasteiger partial charge in [-0.05, 0) is 42.0 Å². The van der Waals surface area contributed by atoms with Gasteiger partial charge in [0, 0.05) is 24.2 Å². The standard InChI is InChI=1S/C23H22ClNO5/c1-3-13-30-18-10-6-15(7-11-18)20-19(21(26)16-4-8-17(24)9-5-16)22(27)23(28)25(20)12-14-29-2/h3-11,20,26H,1,12-14H2,2H3/b21-19+/t20-/m0/s1. The maximum atomic E-state index is 12.8. The van der Waals surface area contributed by atoms with E-state index in [-0.39, 0.29) is 24.5 Å². The number of Topliss-reactive ketones (excluding diaryl/α,β-unsaturated/α-hetero) is 1. The van der Waals surface area contributed by atoms with Crippen LogP contribution in [0, 0.1) is 0 Å². The third-order valence-electron chi connectivity index (χ3n) is 4.76. The van der Waals surface area contributed by atoms with Gasteiger partial charge in [0.1, 0.15) is 18.1 Å². The molecule has 0 unspecified atom stereocenters. The summed E-state index contributed by atoms with van der Waals surface area (Å²) in [6, 6.07) is 12.7. The van der Waals surface area contributed by atoms with Gasteiger partial charge >= 0.3 is 0 Å². The van der Waals surface area contributed by atoms with Gasteiger partial charge < -0.3 is 19.5 Å². The molecule has 2 aromatic carbocycles. The van der Waals surface area contributed by atoms with Gasteiger partial charge in [0.25, 0.3) is 11.7 Å². The van der Waals surface area contributed by atoms with Crippen LogP contribution in [0.1, 0.15) is 17.2 Å². The average molecular weight is 428 g/mol. The highest BCUT2D eigenvalue weighted by Gasteiger charge is 2.45. The van der Waals surface area contributed by atoms with Gasteiger partial charge in [-0.1, -0.05) is 36.4 Å². The van der Waals surface area contributed by atoms with Crippen molar-refractivity contribution in [3.63, 3.8) is 0 Å². The Labute approximate surface area is 180 Å². The predicted molar refractivity (Wildman–Crippen MR) is 114 cm³/mol. The molecule has 1 aliphatic heterocycles. The first-order chi connectivity index (χ1) is 14.5. The van der Waals surface area contributed by atoms with Crippen molar-refractivity contribution >= 4 is 29.1 Å². The van der Waals surface area contributed by atoms with Crippen LogP contribution in [0.2, 0.25) is 5.02 Å². The van der Waals surface area contributed by atoms with Crippen molar-refractivity contribution in [3.05, 3.63) is 82.9 Å². The van der Waals surface area contributed by atoms with Crippen molar-refractivity contribution in [1.82, 2.24) is 4.90 Å². The number of hydrogen-bond acceptors (Lipinski definition) is 5.